The van der Waals surface area contributed by atoms with Crippen molar-refractivity contribution in [1.82, 2.24) is 15.3 Å². The minimum atomic E-state index is -0.211. The second-order valence-corrected chi connectivity index (χ2v) is 7.26. The first-order chi connectivity index (χ1) is 11.6. The van der Waals surface area contributed by atoms with E-state index in [0.29, 0.717) is 29.6 Å². The Morgan fingerprint density at radius 2 is 1.92 bits per heavy atom. The summed E-state index contributed by atoms with van der Waals surface area (Å²) in [6.45, 7) is 2.64. The van der Waals surface area contributed by atoms with E-state index < -0.39 is 0 Å². The third kappa shape index (κ3) is 4.53. The van der Waals surface area contributed by atoms with Crippen molar-refractivity contribution in [2.24, 2.45) is 0 Å². The highest BCUT2D eigenvalue weighted by atomic mass is 35.5. The lowest BCUT2D eigenvalue weighted by molar-refractivity contribution is 0.0946. The summed E-state index contributed by atoms with van der Waals surface area (Å²) in [4.78, 5) is 20.7. The van der Waals surface area contributed by atoms with Gasteiger partial charge < -0.3 is 10.1 Å². The van der Waals surface area contributed by atoms with Crippen molar-refractivity contribution in [3.05, 3.63) is 61.5 Å². The van der Waals surface area contributed by atoms with Crippen molar-refractivity contribution >= 4 is 40.2 Å². The number of carbonyl (C=O) groups is 1. The van der Waals surface area contributed by atoms with Gasteiger partial charge in [0, 0.05) is 21.5 Å². The Morgan fingerprint density at radius 3 is 2.62 bits per heavy atom. The van der Waals surface area contributed by atoms with Crippen LogP contribution in [0.4, 0.5) is 0 Å². The molecule has 1 N–H and O–H groups in total. The van der Waals surface area contributed by atoms with Crippen LogP contribution in [0.5, 0.6) is 5.75 Å². The predicted molar refractivity (Wildman–Crippen MR) is 95.9 cm³/mol. The molecule has 1 amide bonds. The molecule has 0 fully saturated rings. The fraction of sp³-hybridized carbons (Fsp3) is 0.188. The molecule has 0 saturated heterocycles. The molecule has 0 atom stereocenters. The molecule has 0 aliphatic rings. The van der Waals surface area contributed by atoms with Gasteiger partial charge in [0.2, 0.25) is 0 Å². The summed E-state index contributed by atoms with van der Waals surface area (Å²) < 4.78 is 5.62. The van der Waals surface area contributed by atoms with E-state index in [1.54, 1.807) is 29.6 Å². The van der Waals surface area contributed by atoms with E-state index in [0.717, 1.165) is 15.7 Å². The number of rotatable bonds is 6. The van der Waals surface area contributed by atoms with Gasteiger partial charge in [-0.2, -0.15) is 0 Å². The molecule has 0 saturated carbocycles. The zero-order chi connectivity index (χ0) is 16.9. The van der Waals surface area contributed by atoms with E-state index in [2.05, 4.69) is 15.3 Å². The van der Waals surface area contributed by atoms with Crippen molar-refractivity contribution in [3.8, 4) is 5.75 Å². The SMILES string of the molecule is Cc1csc(CNC(=O)c2csc(COc3ccc(Cl)cc3)n2)n1. The maximum absolute atomic E-state index is 12.1. The fourth-order valence-corrected chi connectivity index (χ4v) is 3.41. The third-order valence-corrected chi connectivity index (χ3v) is 5.07. The monoisotopic (exact) mass is 379 g/mol. The summed E-state index contributed by atoms with van der Waals surface area (Å²) in [6.07, 6.45) is 0. The Bertz CT molecular complexity index is 830. The second kappa shape index (κ2) is 7.74. The first kappa shape index (κ1) is 16.9. The van der Waals surface area contributed by atoms with Crippen molar-refractivity contribution in [2.45, 2.75) is 20.1 Å². The molecule has 0 spiro atoms. The van der Waals surface area contributed by atoms with Gasteiger partial charge in [-0.1, -0.05) is 11.6 Å². The largest absolute Gasteiger partial charge is 0.486 e. The van der Waals surface area contributed by atoms with Crippen LogP contribution in [-0.2, 0) is 13.2 Å². The summed E-state index contributed by atoms with van der Waals surface area (Å²) >= 11 is 8.74. The molecule has 8 heteroatoms. The van der Waals surface area contributed by atoms with Crippen molar-refractivity contribution in [2.75, 3.05) is 0 Å². The van der Waals surface area contributed by atoms with Gasteiger partial charge in [0.05, 0.1) is 6.54 Å². The first-order valence-corrected chi connectivity index (χ1v) is 9.26. The molecule has 0 aliphatic carbocycles. The summed E-state index contributed by atoms with van der Waals surface area (Å²) in [7, 11) is 0. The smallest absolute Gasteiger partial charge is 0.271 e. The van der Waals surface area contributed by atoms with Crippen molar-refractivity contribution in [1.29, 1.82) is 0 Å². The number of ether oxygens (including phenoxy) is 1. The van der Waals surface area contributed by atoms with Crippen LogP contribution in [0.15, 0.2) is 35.0 Å². The fourth-order valence-electron chi connectivity index (χ4n) is 1.89. The molecule has 0 radical (unpaired) electrons. The van der Waals surface area contributed by atoms with Gasteiger partial charge >= 0.3 is 0 Å². The van der Waals surface area contributed by atoms with Crippen LogP contribution in [0.1, 0.15) is 26.2 Å². The van der Waals surface area contributed by atoms with Crippen molar-refractivity contribution < 1.29 is 9.53 Å². The molecular formula is C16H14ClN3O2S2. The molecule has 24 heavy (non-hydrogen) atoms. The lowest BCUT2D eigenvalue weighted by atomic mass is 10.3. The first-order valence-electron chi connectivity index (χ1n) is 7.12. The Kier molecular flexibility index (Phi) is 5.44. The lowest BCUT2D eigenvalue weighted by Gasteiger charge is -2.03. The number of amides is 1. The number of aromatic nitrogens is 2. The van der Waals surface area contributed by atoms with Gasteiger partial charge in [-0.15, -0.1) is 22.7 Å². The van der Waals surface area contributed by atoms with Crippen LogP contribution in [0.3, 0.4) is 0 Å². The number of hydrogen-bond acceptors (Lipinski definition) is 6. The maximum atomic E-state index is 12.1. The number of carbonyl (C=O) groups excluding carboxylic acids is 1. The predicted octanol–water partition coefficient (Wildman–Crippen LogP) is 4.07. The van der Waals surface area contributed by atoms with E-state index in [1.165, 1.54) is 22.7 Å². The molecule has 0 unspecified atom stereocenters. The van der Waals surface area contributed by atoms with Crippen LogP contribution in [0.2, 0.25) is 5.02 Å². The zero-order valence-corrected chi connectivity index (χ0v) is 15.2. The molecule has 0 bridgehead atoms. The maximum Gasteiger partial charge on any atom is 0.271 e. The van der Waals surface area contributed by atoms with E-state index in [9.17, 15) is 4.79 Å². The van der Waals surface area contributed by atoms with E-state index in [1.807, 2.05) is 12.3 Å². The molecular weight excluding hydrogens is 366 g/mol. The molecule has 124 valence electrons. The Labute approximate surface area is 152 Å². The molecule has 5 nitrogen and oxygen atoms in total. The highest BCUT2D eigenvalue weighted by Crippen LogP contribution is 2.18. The Morgan fingerprint density at radius 1 is 1.17 bits per heavy atom. The Hall–Kier alpha value is -1.96. The number of nitrogens with zero attached hydrogens (tertiary/aromatic N) is 2. The van der Waals surface area contributed by atoms with Gasteiger partial charge in [-0.05, 0) is 31.2 Å². The second-order valence-electron chi connectivity index (χ2n) is 4.93. The molecule has 3 rings (SSSR count). The molecule has 2 aromatic heterocycles. The third-order valence-electron chi connectivity index (χ3n) is 3.03. The number of nitrogens with one attached hydrogen (secondary N) is 1. The van der Waals surface area contributed by atoms with Crippen LogP contribution in [0, 0.1) is 6.92 Å². The number of thiazole rings is 2. The zero-order valence-electron chi connectivity index (χ0n) is 12.8. The Balaban J connectivity index is 1.52. The summed E-state index contributed by atoms with van der Waals surface area (Å²) in [5.41, 5.74) is 1.35. The van der Waals surface area contributed by atoms with Gasteiger partial charge in [0.15, 0.2) is 0 Å². The van der Waals surface area contributed by atoms with Crippen LogP contribution >= 0.6 is 34.3 Å². The minimum absolute atomic E-state index is 0.211. The van der Waals surface area contributed by atoms with Gasteiger partial charge in [-0.3, -0.25) is 4.79 Å². The van der Waals surface area contributed by atoms with Gasteiger partial charge in [0.1, 0.15) is 28.1 Å². The number of halogens is 1. The number of aryl methyl sites for hydroxylation is 1. The average Bonchev–Trinajstić information content (AvgIpc) is 3.21. The van der Waals surface area contributed by atoms with E-state index in [-0.39, 0.29) is 5.91 Å². The highest BCUT2D eigenvalue weighted by Gasteiger charge is 2.11. The van der Waals surface area contributed by atoms with E-state index >= 15 is 0 Å². The molecule has 3 aromatic rings. The average molecular weight is 380 g/mol. The normalized spacial score (nSPS) is 10.6. The van der Waals surface area contributed by atoms with Gasteiger partial charge in [-0.25, -0.2) is 9.97 Å². The summed E-state index contributed by atoms with van der Waals surface area (Å²) in [5, 5.41) is 8.77. The standard InChI is InChI=1S/C16H14ClN3O2S2/c1-10-8-23-14(19-10)6-18-16(21)13-9-24-15(20-13)7-22-12-4-2-11(17)3-5-12/h2-5,8-9H,6-7H2,1H3,(H,18,21). The highest BCUT2D eigenvalue weighted by molar-refractivity contribution is 7.10. The van der Waals surface area contributed by atoms with Crippen LogP contribution in [-0.4, -0.2) is 15.9 Å². The molecule has 0 aliphatic heterocycles. The molecule has 2 heterocycles. The van der Waals surface area contributed by atoms with E-state index in [4.69, 9.17) is 16.3 Å². The number of benzene rings is 1. The quantitative estimate of drug-likeness (QED) is 0.701. The summed E-state index contributed by atoms with van der Waals surface area (Å²) in [6, 6.07) is 7.11. The summed E-state index contributed by atoms with van der Waals surface area (Å²) in [5.74, 6) is 0.497. The minimum Gasteiger partial charge on any atom is -0.486 e. The molecule has 1 aromatic carbocycles. The topological polar surface area (TPSA) is 64.1 Å². The van der Waals surface area contributed by atoms with Crippen molar-refractivity contribution in [3.63, 3.8) is 0 Å². The van der Waals surface area contributed by atoms with Crippen LogP contribution in [0.25, 0.3) is 0 Å². The number of hydrogen-bond donors (Lipinski definition) is 1. The van der Waals surface area contributed by atoms with Gasteiger partial charge in [0.25, 0.3) is 5.91 Å². The lowest BCUT2D eigenvalue weighted by Crippen LogP contribution is -2.23. The van der Waals surface area contributed by atoms with Crippen LogP contribution < -0.4 is 10.1 Å².